The first-order valence-electron chi connectivity index (χ1n) is 43.5. The van der Waals surface area contributed by atoms with Gasteiger partial charge >= 0.3 is 39.5 Å². The summed E-state index contributed by atoms with van der Waals surface area (Å²) in [6, 6.07) is 0. The minimum absolute atomic E-state index is 0.106. The van der Waals surface area contributed by atoms with Crippen LogP contribution in [-0.4, -0.2) is 96.7 Å². The molecule has 0 aliphatic carbocycles. The van der Waals surface area contributed by atoms with Gasteiger partial charge in [0, 0.05) is 25.7 Å². The van der Waals surface area contributed by atoms with Gasteiger partial charge in [0.05, 0.1) is 26.4 Å². The van der Waals surface area contributed by atoms with Crippen LogP contribution >= 0.6 is 15.6 Å². The minimum atomic E-state index is -4.96. The Labute approximate surface area is 632 Å². The molecule has 17 nitrogen and oxygen atoms in total. The largest absolute Gasteiger partial charge is 0.472 e. The van der Waals surface area contributed by atoms with Crippen molar-refractivity contribution in [1.82, 2.24) is 0 Å². The zero-order valence-electron chi connectivity index (χ0n) is 67.6. The molecule has 3 N–H and O–H groups in total. The average molecular weight is 1510 g/mol. The third-order valence-corrected chi connectivity index (χ3v) is 22.0. The highest BCUT2D eigenvalue weighted by atomic mass is 31.2. The number of hydrogen-bond acceptors (Lipinski definition) is 15. The Morgan fingerprint density at radius 3 is 0.738 bits per heavy atom. The predicted molar refractivity (Wildman–Crippen MR) is 423 cm³/mol. The SMILES string of the molecule is CCCCCCCCCCCCCCCCCCCCCC(=O)OC[C@H](COP(=O)(O)OC[C@@H](O)COP(=O)(O)OC[C@@H](COC(=O)CCCCCCCCCCC)OC(=O)CCCCCCCCCCCCC(C)C)OC(=O)CCCCCCCCCCCCCCCCCCCCC(C)CC. The number of hydrogen-bond donors (Lipinski definition) is 3. The van der Waals surface area contributed by atoms with Gasteiger partial charge in [-0.3, -0.25) is 37.3 Å². The van der Waals surface area contributed by atoms with Crippen LogP contribution in [0.25, 0.3) is 0 Å². The first-order chi connectivity index (χ1) is 49.9. The molecule has 0 radical (unpaired) electrons. The van der Waals surface area contributed by atoms with E-state index in [1.807, 2.05) is 0 Å². The molecule has 0 fully saturated rings. The lowest BCUT2D eigenvalue weighted by atomic mass is 9.99. The van der Waals surface area contributed by atoms with E-state index in [0.29, 0.717) is 25.7 Å². The topological polar surface area (TPSA) is 237 Å². The normalized spacial score (nSPS) is 14.1. The highest BCUT2D eigenvalue weighted by molar-refractivity contribution is 7.47. The van der Waals surface area contributed by atoms with Crippen LogP contribution in [0, 0.1) is 11.8 Å². The molecule has 0 amide bonds. The fourth-order valence-corrected chi connectivity index (χ4v) is 14.6. The highest BCUT2D eigenvalue weighted by Crippen LogP contribution is 2.45. The van der Waals surface area contributed by atoms with Gasteiger partial charge in [0.2, 0.25) is 0 Å². The maximum absolute atomic E-state index is 13.1. The number of aliphatic hydroxyl groups excluding tert-OH is 1. The number of aliphatic hydroxyl groups is 1. The maximum Gasteiger partial charge on any atom is 0.472 e. The van der Waals surface area contributed by atoms with Crippen LogP contribution < -0.4 is 0 Å². The molecule has 612 valence electrons. The first kappa shape index (κ1) is 101. The summed E-state index contributed by atoms with van der Waals surface area (Å²) in [6.45, 7) is 9.69. The van der Waals surface area contributed by atoms with E-state index < -0.39 is 97.5 Å². The van der Waals surface area contributed by atoms with Crippen LogP contribution in [0.3, 0.4) is 0 Å². The highest BCUT2D eigenvalue weighted by Gasteiger charge is 2.30. The molecule has 0 saturated carbocycles. The van der Waals surface area contributed by atoms with E-state index in [4.69, 9.17) is 37.0 Å². The second-order valence-corrected chi connectivity index (χ2v) is 33.8. The minimum Gasteiger partial charge on any atom is -0.462 e. The fraction of sp³-hybridized carbons (Fsp3) is 0.952. The molecule has 0 aromatic carbocycles. The second-order valence-electron chi connectivity index (χ2n) is 30.9. The third kappa shape index (κ3) is 76.6. The summed E-state index contributed by atoms with van der Waals surface area (Å²) in [5.41, 5.74) is 0. The van der Waals surface area contributed by atoms with Crippen molar-refractivity contribution in [2.24, 2.45) is 11.8 Å². The van der Waals surface area contributed by atoms with E-state index in [1.54, 1.807) is 0 Å². The molecule has 6 atom stereocenters. The molecule has 0 saturated heterocycles. The van der Waals surface area contributed by atoms with Gasteiger partial charge in [-0.15, -0.1) is 0 Å². The number of carbonyl (C=O) groups excluding carboxylic acids is 4. The molecule has 0 aliphatic heterocycles. The summed E-state index contributed by atoms with van der Waals surface area (Å²) < 4.78 is 68.7. The molecule has 0 bridgehead atoms. The van der Waals surface area contributed by atoms with E-state index in [2.05, 4.69) is 41.5 Å². The fourth-order valence-electron chi connectivity index (χ4n) is 13.0. The second kappa shape index (κ2) is 75.5. The summed E-state index contributed by atoms with van der Waals surface area (Å²) in [6.07, 6.45) is 66.7. The van der Waals surface area contributed by atoms with Crippen molar-refractivity contribution in [2.75, 3.05) is 39.6 Å². The van der Waals surface area contributed by atoms with Crippen LogP contribution in [0.5, 0.6) is 0 Å². The van der Waals surface area contributed by atoms with Gasteiger partial charge in [0.15, 0.2) is 12.2 Å². The van der Waals surface area contributed by atoms with Crippen LogP contribution in [0.15, 0.2) is 0 Å². The lowest BCUT2D eigenvalue weighted by Gasteiger charge is -2.21. The van der Waals surface area contributed by atoms with Gasteiger partial charge < -0.3 is 33.8 Å². The van der Waals surface area contributed by atoms with E-state index in [-0.39, 0.29) is 25.7 Å². The number of esters is 4. The smallest absolute Gasteiger partial charge is 0.462 e. The van der Waals surface area contributed by atoms with Crippen molar-refractivity contribution in [2.45, 2.75) is 464 Å². The molecule has 19 heteroatoms. The van der Waals surface area contributed by atoms with Crippen molar-refractivity contribution in [3.63, 3.8) is 0 Å². The van der Waals surface area contributed by atoms with Crippen LogP contribution in [-0.2, 0) is 65.4 Å². The van der Waals surface area contributed by atoms with Gasteiger partial charge in [-0.25, -0.2) is 9.13 Å². The molecule has 0 aromatic rings. The lowest BCUT2D eigenvalue weighted by Crippen LogP contribution is -2.30. The number of unbranched alkanes of at least 4 members (excludes halogenated alkanes) is 52. The Balaban J connectivity index is 5.20. The Hall–Kier alpha value is -1.94. The zero-order valence-corrected chi connectivity index (χ0v) is 69.4. The number of rotatable bonds is 83. The molecule has 103 heavy (non-hydrogen) atoms. The predicted octanol–water partition coefficient (Wildman–Crippen LogP) is 25.5. The van der Waals surface area contributed by atoms with Crippen molar-refractivity contribution in [3.8, 4) is 0 Å². The molecule has 0 spiro atoms. The van der Waals surface area contributed by atoms with Gasteiger partial charge in [0.25, 0.3) is 0 Å². The summed E-state index contributed by atoms with van der Waals surface area (Å²) in [5, 5.41) is 10.6. The molecule has 0 heterocycles. The van der Waals surface area contributed by atoms with Crippen molar-refractivity contribution < 1.29 is 80.2 Å². The first-order valence-corrected chi connectivity index (χ1v) is 46.5. The quantitative estimate of drug-likeness (QED) is 0.0222. The monoisotopic (exact) mass is 1510 g/mol. The van der Waals surface area contributed by atoms with Gasteiger partial charge in [-0.2, -0.15) is 0 Å². The molecular formula is C84H164O17P2. The van der Waals surface area contributed by atoms with Crippen LogP contribution in [0.4, 0.5) is 0 Å². The number of carbonyl (C=O) groups is 4. The number of phosphoric ester groups is 2. The standard InChI is InChI=1S/C84H164O17P2/c1-7-10-12-14-16-18-19-20-21-22-23-27-30-33-36-43-49-55-61-67-82(87)95-73-80(100-83(88)68-62-56-50-44-37-34-31-28-25-24-26-29-32-35-42-47-53-59-65-77(6)9-3)75-99-103(92,93)97-71-78(85)70-96-102(90,91)98-74-79(72-94-81(86)66-60-54-48-40-17-15-13-11-8-2)101-84(89)69-63-57-51-45-39-38-41-46-52-58-64-76(4)5/h76-80,85H,7-75H2,1-6H3,(H,90,91)(H,92,93)/t77?,78-,79+,80+/m0/s1. The zero-order chi connectivity index (χ0) is 75.6. The molecule has 0 aromatic heterocycles. The number of phosphoric acid groups is 2. The van der Waals surface area contributed by atoms with Gasteiger partial charge in [0.1, 0.15) is 19.3 Å². The Morgan fingerprint density at radius 1 is 0.282 bits per heavy atom. The van der Waals surface area contributed by atoms with Gasteiger partial charge in [-0.1, -0.05) is 395 Å². The van der Waals surface area contributed by atoms with Crippen molar-refractivity contribution >= 4 is 39.5 Å². The van der Waals surface area contributed by atoms with E-state index >= 15 is 0 Å². The molecular weight excluding hydrogens is 1340 g/mol. The van der Waals surface area contributed by atoms with Crippen molar-refractivity contribution in [1.29, 1.82) is 0 Å². The Morgan fingerprint density at radius 2 is 0.495 bits per heavy atom. The van der Waals surface area contributed by atoms with Crippen molar-refractivity contribution in [3.05, 3.63) is 0 Å². The summed E-state index contributed by atoms with van der Waals surface area (Å²) in [4.78, 5) is 73.0. The summed E-state index contributed by atoms with van der Waals surface area (Å²) >= 11 is 0. The van der Waals surface area contributed by atoms with E-state index in [1.165, 1.54) is 263 Å². The lowest BCUT2D eigenvalue weighted by molar-refractivity contribution is -0.161. The Kier molecular flexibility index (Phi) is 74.1. The average Bonchev–Trinajstić information content (AvgIpc) is 0.908. The maximum atomic E-state index is 13.1. The van der Waals surface area contributed by atoms with Gasteiger partial charge in [-0.05, 0) is 37.5 Å². The summed E-state index contributed by atoms with van der Waals surface area (Å²) in [5.74, 6) is -0.484. The molecule has 3 unspecified atom stereocenters. The molecule has 0 rings (SSSR count). The summed E-state index contributed by atoms with van der Waals surface area (Å²) in [7, 11) is -9.92. The van der Waals surface area contributed by atoms with E-state index in [0.717, 1.165) is 102 Å². The third-order valence-electron chi connectivity index (χ3n) is 20.1. The van der Waals surface area contributed by atoms with Crippen LogP contribution in [0.1, 0.15) is 446 Å². The van der Waals surface area contributed by atoms with E-state index in [9.17, 15) is 43.2 Å². The Bertz CT molecular complexity index is 1980. The van der Waals surface area contributed by atoms with Crippen LogP contribution in [0.2, 0.25) is 0 Å². The number of ether oxygens (including phenoxy) is 4. The molecule has 0 aliphatic rings.